The van der Waals surface area contributed by atoms with Gasteiger partial charge >= 0.3 is 12.1 Å². The fraction of sp³-hybridized carbons (Fsp3) is 0.214. The first-order chi connectivity index (χ1) is 11.5. The minimum atomic E-state index is -5.81. The van der Waals surface area contributed by atoms with E-state index in [1.807, 2.05) is 0 Å². The monoisotopic (exact) mass is 364 g/mol. The van der Waals surface area contributed by atoms with E-state index < -0.39 is 35.1 Å². The minimum absolute atomic E-state index is 0.0952. The number of alkyl halides is 5. The van der Waals surface area contributed by atoms with Crippen LogP contribution in [0.5, 0.6) is 0 Å². The van der Waals surface area contributed by atoms with Crippen molar-refractivity contribution < 1.29 is 30.7 Å². The van der Waals surface area contributed by atoms with Crippen LogP contribution in [0, 0.1) is 11.8 Å². The van der Waals surface area contributed by atoms with Gasteiger partial charge in [0.2, 0.25) is 5.95 Å². The summed E-state index contributed by atoms with van der Waals surface area (Å²) in [7, 11) is 1.31. The van der Waals surface area contributed by atoms with Crippen LogP contribution in [0.4, 0.5) is 30.7 Å². The van der Waals surface area contributed by atoms with Crippen LogP contribution in [0.2, 0.25) is 0 Å². The normalized spacial score (nSPS) is 12.8. The molecule has 0 aliphatic carbocycles. The molecule has 11 heteroatoms. The van der Waals surface area contributed by atoms with Gasteiger partial charge in [0.05, 0.1) is 5.56 Å². The third kappa shape index (κ3) is 2.68. The number of nitrogens with zero attached hydrogens (tertiary/aromatic N) is 4. The molecule has 4 nitrogen and oxygen atoms in total. The molecule has 0 amide bonds. The summed E-state index contributed by atoms with van der Waals surface area (Å²) in [6.07, 6.45) is -5.45. The van der Waals surface area contributed by atoms with Crippen LogP contribution in [0.3, 0.4) is 0 Å². The van der Waals surface area contributed by atoms with E-state index in [1.165, 1.54) is 7.05 Å². The third-order valence-corrected chi connectivity index (χ3v) is 3.45. The molecule has 0 atom stereocenters. The first-order valence-corrected chi connectivity index (χ1v) is 6.62. The Bertz CT molecular complexity index is 962. The highest BCUT2D eigenvalue weighted by Gasteiger charge is 2.59. The van der Waals surface area contributed by atoms with Gasteiger partial charge in [-0.05, 0) is 18.2 Å². The van der Waals surface area contributed by atoms with Crippen molar-refractivity contribution in [3.05, 3.63) is 41.7 Å². The van der Waals surface area contributed by atoms with E-state index in [-0.39, 0.29) is 17.0 Å². The fourth-order valence-electron chi connectivity index (χ4n) is 2.20. The number of hydrogen-bond acceptors (Lipinski definition) is 3. The second-order valence-corrected chi connectivity index (χ2v) is 5.10. The molecule has 0 fully saturated rings. The van der Waals surface area contributed by atoms with Gasteiger partial charge in [-0.3, -0.25) is 0 Å². The lowest BCUT2D eigenvalue weighted by molar-refractivity contribution is -0.289. The Labute approximate surface area is 135 Å². The van der Waals surface area contributed by atoms with Crippen LogP contribution in [0.15, 0.2) is 24.4 Å². The maximum absolute atomic E-state index is 13.8. The Morgan fingerprint density at radius 2 is 1.68 bits per heavy atom. The van der Waals surface area contributed by atoms with E-state index in [4.69, 9.17) is 0 Å². The molecule has 0 bridgehead atoms. The van der Waals surface area contributed by atoms with E-state index >= 15 is 0 Å². The zero-order valence-electron chi connectivity index (χ0n) is 12.2. The van der Waals surface area contributed by atoms with Crippen molar-refractivity contribution in [1.82, 2.24) is 19.5 Å². The molecule has 0 saturated heterocycles. The van der Waals surface area contributed by atoms with Crippen molar-refractivity contribution in [2.24, 2.45) is 7.05 Å². The lowest BCUT2D eigenvalue weighted by Crippen LogP contribution is -2.33. The van der Waals surface area contributed by atoms with E-state index in [0.29, 0.717) is 12.3 Å². The molecule has 25 heavy (non-hydrogen) atoms. The second-order valence-electron chi connectivity index (χ2n) is 5.10. The van der Waals surface area contributed by atoms with Crippen LogP contribution < -0.4 is 0 Å². The third-order valence-electron chi connectivity index (χ3n) is 3.45. The molecule has 0 N–H and O–H groups in total. The van der Waals surface area contributed by atoms with Gasteiger partial charge < -0.3 is 4.57 Å². The summed E-state index contributed by atoms with van der Waals surface area (Å²) in [5.74, 6) is -7.36. The summed E-state index contributed by atoms with van der Waals surface area (Å²) in [4.78, 5) is 10.6. The van der Waals surface area contributed by atoms with Gasteiger partial charge in [0.1, 0.15) is 11.2 Å². The molecule has 0 aromatic carbocycles. The Morgan fingerprint density at radius 1 is 1.00 bits per heavy atom. The predicted molar refractivity (Wildman–Crippen MR) is 71.6 cm³/mol. The number of imidazole rings is 1. The maximum Gasteiger partial charge on any atom is 0.458 e. The predicted octanol–water partition coefficient (Wildman–Crippen LogP) is 3.96. The van der Waals surface area contributed by atoms with Crippen LogP contribution in [0.25, 0.3) is 22.7 Å². The molecule has 0 unspecified atom stereocenters. The summed E-state index contributed by atoms with van der Waals surface area (Å²) in [5, 5.41) is 0. The van der Waals surface area contributed by atoms with Crippen molar-refractivity contribution in [2.45, 2.75) is 12.1 Å². The maximum atomic E-state index is 13.8. The summed E-state index contributed by atoms with van der Waals surface area (Å²) in [5.41, 5.74) is -2.37. The van der Waals surface area contributed by atoms with Crippen molar-refractivity contribution >= 4 is 11.2 Å². The molecule has 0 aliphatic heterocycles. The molecule has 0 aliphatic rings. The molecular formula is C14H7F7N4. The molecule has 0 saturated carbocycles. The molecule has 3 aromatic rings. The topological polar surface area (TPSA) is 43.6 Å². The lowest BCUT2D eigenvalue weighted by atomic mass is 10.1. The summed E-state index contributed by atoms with van der Waals surface area (Å²) in [6.45, 7) is 0. The number of aryl methyl sites for hydroxylation is 1. The highest BCUT2D eigenvalue weighted by molar-refractivity contribution is 5.77. The average molecular weight is 364 g/mol. The first-order valence-electron chi connectivity index (χ1n) is 6.62. The molecule has 3 aromatic heterocycles. The number of pyridine rings is 2. The van der Waals surface area contributed by atoms with Gasteiger partial charge in [0.15, 0.2) is 17.3 Å². The van der Waals surface area contributed by atoms with Gasteiger partial charge in [-0.15, -0.1) is 0 Å². The Hall–Kier alpha value is -2.72. The van der Waals surface area contributed by atoms with Gasteiger partial charge in [-0.1, -0.05) is 0 Å². The van der Waals surface area contributed by atoms with Crippen LogP contribution in [0.1, 0.15) is 5.56 Å². The summed E-state index contributed by atoms with van der Waals surface area (Å²) < 4.78 is 92.4. The quantitative estimate of drug-likeness (QED) is 0.511. The highest BCUT2D eigenvalue weighted by Crippen LogP contribution is 2.44. The van der Waals surface area contributed by atoms with Crippen LogP contribution >= 0.6 is 0 Å². The Kier molecular flexibility index (Phi) is 3.69. The minimum Gasteiger partial charge on any atom is -0.310 e. The zero-order valence-corrected chi connectivity index (χ0v) is 12.2. The van der Waals surface area contributed by atoms with Crippen LogP contribution in [-0.2, 0) is 13.0 Å². The summed E-state index contributed by atoms with van der Waals surface area (Å²) in [6, 6.07) is 2.05. The second kappa shape index (κ2) is 5.39. The van der Waals surface area contributed by atoms with Crippen molar-refractivity contribution in [2.75, 3.05) is 0 Å². The van der Waals surface area contributed by atoms with Crippen molar-refractivity contribution in [1.29, 1.82) is 0 Å². The van der Waals surface area contributed by atoms with E-state index in [0.717, 1.165) is 16.7 Å². The molecule has 3 heterocycles. The Balaban J connectivity index is 2.20. The number of rotatable bonds is 2. The standard InChI is InChI=1S/C14H7F7N4/c1-25-11-8(4-6(5-22-11)13(17,18)14(19,20)21)23-12(25)10-7(15)2-3-9(16)24-10/h2-5H,1H3. The molecular weight excluding hydrogens is 357 g/mol. The molecule has 0 radical (unpaired) electrons. The molecule has 0 spiro atoms. The number of hydrogen-bond donors (Lipinski definition) is 0. The zero-order chi connectivity index (χ0) is 18.6. The van der Waals surface area contributed by atoms with Crippen LogP contribution in [-0.4, -0.2) is 25.7 Å². The number of halogens is 7. The van der Waals surface area contributed by atoms with E-state index in [1.54, 1.807) is 0 Å². The van der Waals surface area contributed by atoms with E-state index in [9.17, 15) is 30.7 Å². The average Bonchev–Trinajstić information content (AvgIpc) is 2.85. The molecule has 132 valence electrons. The van der Waals surface area contributed by atoms with Crippen molar-refractivity contribution in [3.63, 3.8) is 0 Å². The van der Waals surface area contributed by atoms with Gasteiger partial charge in [0.25, 0.3) is 0 Å². The van der Waals surface area contributed by atoms with Gasteiger partial charge in [-0.2, -0.15) is 26.3 Å². The van der Waals surface area contributed by atoms with Crippen molar-refractivity contribution in [3.8, 4) is 11.5 Å². The largest absolute Gasteiger partial charge is 0.458 e. The summed E-state index contributed by atoms with van der Waals surface area (Å²) >= 11 is 0. The van der Waals surface area contributed by atoms with E-state index in [2.05, 4.69) is 15.0 Å². The SMILES string of the molecule is Cn1c(-c2nc(F)ccc2F)nc2cc(C(F)(F)C(F)(F)F)cnc21. The van der Waals surface area contributed by atoms with Gasteiger partial charge in [-0.25, -0.2) is 19.3 Å². The fourth-order valence-corrected chi connectivity index (χ4v) is 2.20. The molecule has 3 rings (SSSR count). The number of aromatic nitrogens is 4. The lowest BCUT2D eigenvalue weighted by Gasteiger charge is -2.19. The van der Waals surface area contributed by atoms with Gasteiger partial charge in [0, 0.05) is 13.2 Å². The smallest absolute Gasteiger partial charge is 0.310 e. The Morgan fingerprint density at radius 3 is 2.32 bits per heavy atom. The first kappa shape index (κ1) is 17.1. The highest BCUT2D eigenvalue weighted by atomic mass is 19.4. The number of fused-ring (bicyclic) bond motifs is 1.